The van der Waals surface area contributed by atoms with Crippen LogP contribution in [0, 0.1) is 0 Å². The third-order valence-corrected chi connectivity index (χ3v) is 3.40. The third-order valence-electron chi connectivity index (χ3n) is 2.82. The Morgan fingerprint density at radius 2 is 2.16 bits per heavy atom. The van der Waals surface area contributed by atoms with E-state index in [1.165, 1.54) is 0 Å². The Kier molecular flexibility index (Phi) is 4.16. The van der Waals surface area contributed by atoms with Crippen LogP contribution in [0.2, 0.25) is 0 Å². The molecule has 7 heteroatoms. The van der Waals surface area contributed by atoms with Crippen molar-refractivity contribution < 1.29 is 4.79 Å². The third kappa shape index (κ3) is 2.93. The Morgan fingerprint density at radius 1 is 1.42 bits per heavy atom. The summed E-state index contributed by atoms with van der Waals surface area (Å²) in [6.45, 7) is 1.48. The van der Waals surface area contributed by atoms with Crippen molar-refractivity contribution in [2.24, 2.45) is 7.05 Å². The SMILES string of the molecule is CN(C)CCn1ncc(Br)c1C(=O)c1ccnn1C. The average Bonchev–Trinajstić information content (AvgIpc) is 2.92. The molecular weight excluding hydrogens is 310 g/mol. The summed E-state index contributed by atoms with van der Waals surface area (Å²) >= 11 is 3.39. The van der Waals surface area contributed by atoms with Crippen LogP contribution in [-0.4, -0.2) is 50.9 Å². The van der Waals surface area contributed by atoms with Crippen LogP contribution in [0.25, 0.3) is 0 Å². The highest BCUT2D eigenvalue weighted by atomic mass is 79.9. The predicted octanol–water partition coefficient (Wildman–Crippen LogP) is 1.17. The van der Waals surface area contributed by atoms with E-state index in [9.17, 15) is 4.79 Å². The molecule has 6 nitrogen and oxygen atoms in total. The van der Waals surface area contributed by atoms with Crippen LogP contribution in [-0.2, 0) is 13.6 Å². The Balaban J connectivity index is 2.31. The summed E-state index contributed by atoms with van der Waals surface area (Å²) in [6.07, 6.45) is 3.26. The zero-order valence-electron chi connectivity index (χ0n) is 11.2. The second-order valence-electron chi connectivity index (χ2n) is 4.54. The highest BCUT2D eigenvalue weighted by molar-refractivity contribution is 9.10. The Bertz CT molecular complexity index is 587. The van der Waals surface area contributed by atoms with Gasteiger partial charge in [0.05, 0.1) is 17.2 Å². The molecule has 0 bridgehead atoms. The topological polar surface area (TPSA) is 56.0 Å². The monoisotopic (exact) mass is 325 g/mol. The molecule has 102 valence electrons. The minimum Gasteiger partial charge on any atom is -0.308 e. The van der Waals surface area contributed by atoms with Crippen molar-refractivity contribution in [3.05, 3.63) is 34.3 Å². The van der Waals surface area contributed by atoms with Crippen molar-refractivity contribution in [3.8, 4) is 0 Å². The number of ketones is 1. The number of aryl methyl sites for hydroxylation is 1. The van der Waals surface area contributed by atoms with Crippen LogP contribution in [0.1, 0.15) is 16.2 Å². The zero-order valence-corrected chi connectivity index (χ0v) is 12.8. The molecule has 0 aliphatic heterocycles. The van der Waals surface area contributed by atoms with Crippen molar-refractivity contribution >= 4 is 21.7 Å². The maximum Gasteiger partial charge on any atom is 0.230 e. The molecule has 0 saturated heterocycles. The Hall–Kier alpha value is -1.47. The summed E-state index contributed by atoms with van der Waals surface area (Å²) in [4.78, 5) is 14.6. The molecule has 0 spiro atoms. The molecule has 0 aliphatic carbocycles. The fourth-order valence-corrected chi connectivity index (χ4v) is 2.25. The van der Waals surface area contributed by atoms with Gasteiger partial charge in [-0.2, -0.15) is 10.2 Å². The van der Waals surface area contributed by atoms with E-state index in [4.69, 9.17) is 0 Å². The standard InChI is InChI=1S/C12H16BrN5O/c1-16(2)6-7-18-11(9(13)8-15-18)12(19)10-4-5-14-17(10)3/h4-5,8H,6-7H2,1-3H3. The summed E-state index contributed by atoms with van der Waals surface area (Å²) in [5, 5.41) is 8.26. The minimum absolute atomic E-state index is 0.0804. The second-order valence-corrected chi connectivity index (χ2v) is 5.39. The van der Waals surface area contributed by atoms with E-state index in [1.54, 1.807) is 34.9 Å². The lowest BCUT2D eigenvalue weighted by Crippen LogP contribution is -2.22. The zero-order chi connectivity index (χ0) is 14.0. The Labute approximate surface area is 120 Å². The highest BCUT2D eigenvalue weighted by Gasteiger charge is 2.21. The van der Waals surface area contributed by atoms with Crippen LogP contribution in [0.3, 0.4) is 0 Å². The molecule has 0 saturated carbocycles. The van der Waals surface area contributed by atoms with E-state index in [1.807, 2.05) is 19.0 Å². The number of hydrogen-bond acceptors (Lipinski definition) is 4. The largest absolute Gasteiger partial charge is 0.308 e. The van der Waals surface area contributed by atoms with Gasteiger partial charge in [0.1, 0.15) is 11.4 Å². The summed E-state index contributed by atoms with van der Waals surface area (Å²) in [5.74, 6) is -0.0804. The van der Waals surface area contributed by atoms with Crippen LogP contribution in [0.15, 0.2) is 22.9 Å². The lowest BCUT2D eigenvalue weighted by atomic mass is 10.2. The summed E-state index contributed by atoms with van der Waals surface area (Å²) < 4.78 is 4.00. The van der Waals surface area contributed by atoms with Crippen molar-refractivity contribution in [2.75, 3.05) is 20.6 Å². The van der Waals surface area contributed by atoms with Crippen molar-refractivity contribution in [1.29, 1.82) is 0 Å². The molecule has 2 rings (SSSR count). The van der Waals surface area contributed by atoms with Crippen molar-refractivity contribution in [1.82, 2.24) is 24.5 Å². The molecule has 19 heavy (non-hydrogen) atoms. The first-order valence-electron chi connectivity index (χ1n) is 5.89. The number of halogens is 1. The summed E-state index contributed by atoms with van der Waals surface area (Å²) in [5.41, 5.74) is 1.11. The van der Waals surface area contributed by atoms with Gasteiger partial charge in [-0.3, -0.25) is 14.2 Å². The van der Waals surface area contributed by atoms with E-state index in [0.717, 1.165) is 6.54 Å². The van der Waals surface area contributed by atoms with Gasteiger partial charge in [0.15, 0.2) is 0 Å². The molecular formula is C12H16BrN5O. The lowest BCUT2D eigenvalue weighted by Gasteiger charge is -2.11. The number of aromatic nitrogens is 4. The molecule has 0 N–H and O–H groups in total. The van der Waals surface area contributed by atoms with Crippen LogP contribution >= 0.6 is 15.9 Å². The van der Waals surface area contributed by atoms with E-state index in [0.29, 0.717) is 22.4 Å². The fraction of sp³-hybridized carbons (Fsp3) is 0.417. The second kappa shape index (κ2) is 5.66. The van der Waals surface area contributed by atoms with Gasteiger partial charge < -0.3 is 4.90 Å². The molecule has 2 heterocycles. The van der Waals surface area contributed by atoms with Gasteiger partial charge in [-0.05, 0) is 36.1 Å². The molecule has 0 amide bonds. The van der Waals surface area contributed by atoms with E-state index < -0.39 is 0 Å². The van der Waals surface area contributed by atoms with Gasteiger partial charge in [0.2, 0.25) is 5.78 Å². The summed E-state index contributed by atoms with van der Waals surface area (Å²) in [6, 6.07) is 1.71. The van der Waals surface area contributed by atoms with E-state index in [-0.39, 0.29) is 5.78 Å². The van der Waals surface area contributed by atoms with Crippen molar-refractivity contribution in [3.63, 3.8) is 0 Å². The molecule has 2 aromatic rings. The van der Waals surface area contributed by atoms with Gasteiger partial charge in [-0.1, -0.05) is 0 Å². The molecule has 0 aliphatic rings. The normalized spacial score (nSPS) is 11.2. The molecule has 0 unspecified atom stereocenters. The Morgan fingerprint density at radius 3 is 2.74 bits per heavy atom. The van der Waals surface area contributed by atoms with Crippen molar-refractivity contribution in [2.45, 2.75) is 6.54 Å². The minimum atomic E-state index is -0.0804. The van der Waals surface area contributed by atoms with Crippen LogP contribution in [0.5, 0.6) is 0 Å². The molecule has 0 aromatic carbocycles. The van der Waals surface area contributed by atoms with E-state index >= 15 is 0 Å². The lowest BCUT2D eigenvalue weighted by molar-refractivity contribution is 0.101. The number of hydrogen-bond donors (Lipinski definition) is 0. The summed E-state index contributed by atoms with van der Waals surface area (Å²) in [7, 11) is 5.73. The van der Waals surface area contributed by atoms with Gasteiger partial charge >= 0.3 is 0 Å². The molecule has 0 fully saturated rings. The predicted molar refractivity (Wildman–Crippen MR) is 75.1 cm³/mol. The highest BCUT2D eigenvalue weighted by Crippen LogP contribution is 2.19. The van der Waals surface area contributed by atoms with Crippen LogP contribution in [0.4, 0.5) is 0 Å². The first-order chi connectivity index (χ1) is 9.00. The maximum atomic E-state index is 12.5. The molecule has 2 aromatic heterocycles. The smallest absolute Gasteiger partial charge is 0.230 e. The first-order valence-corrected chi connectivity index (χ1v) is 6.68. The quantitative estimate of drug-likeness (QED) is 0.774. The van der Waals surface area contributed by atoms with Gasteiger partial charge in [-0.25, -0.2) is 0 Å². The average molecular weight is 326 g/mol. The number of likely N-dealkylation sites (N-methyl/N-ethyl adjacent to an activating group) is 1. The maximum absolute atomic E-state index is 12.5. The van der Waals surface area contributed by atoms with Gasteiger partial charge in [0, 0.05) is 19.8 Å². The van der Waals surface area contributed by atoms with Gasteiger partial charge in [0.25, 0.3) is 0 Å². The number of rotatable bonds is 5. The van der Waals surface area contributed by atoms with E-state index in [2.05, 4.69) is 26.1 Å². The molecule has 0 atom stereocenters. The van der Waals surface area contributed by atoms with Crippen LogP contribution < -0.4 is 0 Å². The van der Waals surface area contributed by atoms with Gasteiger partial charge in [-0.15, -0.1) is 0 Å². The number of carbonyl (C=O) groups excluding carboxylic acids is 1. The fourth-order valence-electron chi connectivity index (χ4n) is 1.77. The molecule has 0 radical (unpaired) electrons. The number of nitrogens with zero attached hydrogens (tertiary/aromatic N) is 5. The number of carbonyl (C=O) groups is 1. The first kappa shape index (κ1) is 14.0.